The van der Waals surface area contributed by atoms with E-state index in [0.717, 1.165) is 37.4 Å². The predicted octanol–water partition coefficient (Wildman–Crippen LogP) is 0.681. The van der Waals surface area contributed by atoms with Gasteiger partial charge in [0.25, 0.3) is 0 Å². The average Bonchev–Trinajstić information content (AvgIpc) is 2.97. The Kier molecular flexibility index (Phi) is 5.50. The van der Waals surface area contributed by atoms with Crippen molar-refractivity contribution in [2.75, 3.05) is 32.4 Å². The second-order valence-corrected chi connectivity index (χ2v) is 5.89. The quantitative estimate of drug-likeness (QED) is 0.650. The summed E-state index contributed by atoms with van der Waals surface area (Å²) in [5, 5.41) is 8.21. The highest BCUT2D eigenvalue weighted by Crippen LogP contribution is 2.20. The lowest BCUT2D eigenvalue weighted by molar-refractivity contribution is 0.406. The average molecular weight is 282 g/mol. The first-order valence-electron chi connectivity index (χ1n) is 6.73. The molecule has 0 bridgehead atoms. The van der Waals surface area contributed by atoms with Gasteiger partial charge >= 0.3 is 0 Å². The van der Waals surface area contributed by atoms with Gasteiger partial charge in [-0.2, -0.15) is 16.9 Å². The normalized spacial score (nSPS) is 20.6. The van der Waals surface area contributed by atoms with Gasteiger partial charge in [-0.25, -0.2) is 4.98 Å². The molecular weight excluding hydrogens is 260 g/mol. The molecule has 106 valence electrons. The molecule has 7 heteroatoms. The highest BCUT2D eigenvalue weighted by Gasteiger charge is 2.21. The fourth-order valence-corrected chi connectivity index (χ4v) is 3.30. The van der Waals surface area contributed by atoms with Crippen molar-refractivity contribution >= 4 is 17.7 Å². The Labute approximate surface area is 118 Å². The van der Waals surface area contributed by atoms with Gasteiger partial charge in [0.2, 0.25) is 0 Å². The lowest BCUT2D eigenvalue weighted by Gasteiger charge is -2.34. The molecule has 1 N–H and O–H groups in total. The lowest BCUT2D eigenvalue weighted by atomic mass is 10.3. The fraction of sp³-hybridized carbons (Fsp3) is 0.750. The molecule has 2 heterocycles. The van der Waals surface area contributed by atoms with E-state index in [1.165, 1.54) is 12.2 Å². The number of rotatable bonds is 4. The molecule has 0 saturated carbocycles. The minimum absolute atomic E-state index is 0.725. The molecule has 1 saturated heterocycles. The van der Waals surface area contributed by atoms with Gasteiger partial charge in [0.1, 0.15) is 12.7 Å². The van der Waals surface area contributed by atoms with Crippen molar-refractivity contribution in [2.45, 2.75) is 25.1 Å². The van der Waals surface area contributed by atoms with Gasteiger partial charge in [0.05, 0.1) is 6.54 Å². The Morgan fingerprint density at radius 1 is 1.58 bits per heavy atom. The second kappa shape index (κ2) is 7.37. The van der Waals surface area contributed by atoms with E-state index in [1.54, 1.807) is 12.7 Å². The number of aliphatic imine (C=N–C) groups is 1. The minimum Gasteiger partial charge on any atom is -0.354 e. The number of guanidine groups is 1. The third-order valence-electron chi connectivity index (χ3n) is 3.20. The molecule has 1 aromatic heterocycles. The van der Waals surface area contributed by atoms with Crippen LogP contribution in [0, 0.1) is 0 Å². The van der Waals surface area contributed by atoms with E-state index < -0.39 is 0 Å². The predicted molar refractivity (Wildman–Crippen MR) is 79.5 cm³/mol. The van der Waals surface area contributed by atoms with E-state index in [0.29, 0.717) is 0 Å². The van der Waals surface area contributed by atoms with Gasteiger partial charge in [-0.1, -0.05) is 6.92 Å². The molecule has 1 fully saturated rings. The number of hydrogen-bond acceptors (Lipinski definition) is 4. The summed E-state index contributed by atoms with van der Waals surface area (Å²) in [7, 11) is 1.85. The maximum atomic E-state index is 4.38. The molecule has 1 aromatic rings. The van der Waals surface area contributed by atoms with Crippen LogP contribution in [0.5, 0.6) is 0 Å². The summed E-state index contributed by atoms with van der Waals surface area (Å²) in [4.78, 5) is 10.7. The zero-order chi connectivity index (χ0) is 13.5. The third kappa shape index (κ3) is 4.12. The third-order valence-corrected chi connectivity index (χ3v) is 4.57. The summed E-state index contributed by atoms with van der Waals surface area (Å²) in [5.74, 6) is 2.18. The Hall–Kier alpha value is -1.24. The van der Waals surface area contributed by atoms with Gasteiger partial charge in [-0.3, -0.25) is 9.67 Å². The van der Waals surface area contributed by atoms with Crippen molar-refractivity contribution in [1.29, 1.82) is 0 Å². The van der Waals surface area contributed by atoms with Crippen LogP contribution >= 0.6 is 11.8 Å². The number of nitrogens with one attached hydrogen (secondary N) is 1. The van der Waals surface area contributed by atoms with Crippen molar-refractivity contribution < 1.29 is 0 Å². The molecule has 0 amide bonds. The van der Waals surface area contributed by atoms with E-state index in [4.69, 9.17) is 0 Å². The fourth-order valence-electron chi connectivity index (χ4n) is 2.12. The largest absolute Gasteiger partial charge is 0.354 e. The van der Waals surface area contributed by atoms with Crippen LogP contribution in [0.1, 0.15) is 13.3 Å². The Morgan fingerprint density at radius 3 is 3.16 bits per heavy atom. The molecule has 2 rings (SSSR count). The van der Waals surface area contributed by atoms with Crippen molar-refractivity contribution in [2.24, 2.45) is 4.99 Å². The molecule has 1 unspecified atom stereocenters. The Morgan fingerprint density at radius 2 is 2.47 bits per heavy atom. The number of thioether (sulfide) groups is 1. The first-order chi connectivity index (χ1) is 9.33. The van der Waals surface area contributed by atoms with Crippen LogP contribution in [0.4, 0.5) is 0 Å². The molecule has 1 aliphatic heterocycles. The summed E-state index contributed by atoms with van der Waals surface area (Å²) in [5.41, 5.74) is 0. The molecule has 6 nitrogen and oxygen atoms in total. The SMILES string of the molecule is CCC1CN(C(=NC)NCCn2cncn2)CCS1. The van der Waals surface area contributed by atoms with Gasteiger partial charge in [0.15, 0.2) is 5.96 Å². The highest BCUT2D eigenvalue weighted by molar-refractivity contribution is 8.00. The molecular formula is C12H22N6S. The molecule has 0 radical (unpaired) electrons. The van der Waals surface area contributed by atoms with E-state index in [9.17, 15) is 0 Å². The van der Waals surface area contributed by atoms with Crippen LogP contribution in [-0.2, 0) is 6.54 Å². The summed E-state index contributed by atoms with van der Waals surface area (Å²) < 4.78 is 1.82. The van der Waals surface area contributed by atoms with Gasteiger partial charge in [0, 0.05) is 37.7 Å². The summed E-state index contributed by atoms with van der Waals surface area (Å²) >= 11 is 2.07. The van der Waals surface area contributed by atoms with Crippen molar-refractivity contribution in [1.82, 2.24) is 25.0 Å². The van der Waals surface area contributed by atoms with Crippen LogP contribution in [0.15, 0.2) is 17.6 Å². The smallest absolute Gasteiger partial charge is 0.193 e. The molecule has 0 aromatic carbocycles. The first kappa shape index (κ1) is 14.2. The van der Waals surface area contributed by atoms with Crippen molar-refractivity contribution in [3.63, 3.8) is 0 Å². The minimum atomic E-state index is 0.725. The van der Waals surface area contributed by atoms with E-state index in [1.807, 2.05) is 11.7 Å². The van der Waals surface area contributed by atoms with Crippen LogP contribution < -0.4 is 5.32 Å². The Balaban J connectivity index is 1.79. The zero-order valence-electron chi connectivity index (χ0n) is 11.6. The van der Waals surface area contributed by atoms with Gasteiger partial charge in [-0.05, 0) is 6.42 Å². The molecule has 0 aliphatic carbocycles. The molecule has 1 atom stereocenters. The van der Waals surface area contributed by atoms with Crippen LogP contribution in [0.3, 0.4) is 0 Å². The van der Waals surface area contributed by atoms with Crippen LogP contribution in [0.2, 0.25) is 0 Å². The van der Waals surface area contributed by atoms with Crippen molar-refractivity contribution in [3.05, 3.63) is 12.7 Å². The highest BCUT2D eigenvalue weighted by atomic mass is 32.2. The zero-order valence-corrected chi connectivity index (χ0v) is 12.4. The maximum Gasteiger partial charge on any atom is 0.193 e. The molecule has 0 spiro atoms. The lowest BCUT2D eigenvalue weighted by Crippen LogP contribution is -2.48. The van der Waals surface area contributed by atoms with E-state index in [-0.39, 0.29) is 0 Å². The molecule has 19 heavy (non-hydrogen) atoms. The van der Waals surface area contributed by atoms with Crippen LogP contribution in [0.25, 0.3) is 0 Å². The monoisotopic (exact) mass is 282 g/mol. The number of hydrogen-bond donors (Lipinski definition) is 1. The summed E-state index contributed by atoms with van der Waals surface area (Å²) in [6, 6.07) is 0. The standard InChI is InChI=1S/C12H22N6S/c1-3-11-8-17(6-7-19-11)12(13-2)15-4-5-18-10-14-9-16-18/h9-11H,3-8H2,1-2H3,(H,13,15). The van der Waals surface area contributed by atoms with Gasteiger partial charge < -0.3 is 10.2 Å². The summed E-state index contributed by atoms with van der Waals surface area (Å²) in [6.07, 6.45) is 4.51. The number of nitrogens with zero attached hydrogens (tertiary/aromatic N) is 5. The van der Waals surface area contributed by atoms with Gasteiger partial charge in [-0.15, -0.1) is 0 Å². The van der Waals surface area contributed by atoms with Crippen LogP contribution in [-0.4, -0.2) is 63.3 Å². The van der Waals surface area contributed by atoms with Crippen molar-refractivity contribution in [3.8, 4) is 0 Å². The maximum absolute atomic E-state index is 4.38. The number of aromatic nitrogens is 3. The Bertz CT molecular complexity index is 391. The topological polar surface area (TPSA) is 58.3 Å². The first-order valence-corrected chi connectivity index (χ1v) is 7.78. The summed E-state index contributed by atoms with van der Waals surface area (Å²) in [6.45, 7) is 6.03. The van der Waals surface area contributed by atoms with E-state index >= 15 is 0 Å². The molecule has 1 aliphatic rings. The van der Waals surface area contributed by atoms with E-state index in [2.05, 4.69) is 44.0 Å². The second-order valence-electron chi connectivity index (χ2n) is 4.48.